The Bertz CT molecular complexity index is 274. The van der Waals surface area contributed by atoms with Crippen molar-refractivity contribution in [2.24, 2.45) is 11.7 Å². The molecule has 15 heavy (non-hydrogen) atoms. The van der Waals surface area contributed by atoms with Crippen molar-refractivity contribution < 1.29 is 4.74 Å². The third-order valence-corrected chi connectivity index (χ3v) is 2.26. The zero-order valence-corrected chi connectivity index (χ0v) is 9.36. The fourth-order valence-corrected chi connectivity index (χ4v) is 1.27. The summed E-state index contributed by atoms with van der Waals surface area (Å²) in [6.45, 7) is 3.80. The molecule has 1 atom stereocenters. The number of nitrogens with one attached hydrogen (secondary N) is 1. The standard InChI is InChI=1S/C11H19N3O/c1-9(5-6-12)7-13-11-4-3-10(15-2)8-14-11/h3-4,8-9H,5-7,12H2,1-2H3,(H,13,14). The van der Waals surface area contributed by atoms with E-state index in [-0.39, 0.29) is 0 Å². The van der Waals surface area contributed by atoms with Gasteiger partial charge >= 0.3 is 0 Å². The van der Waals surface area contributed by atoms with Crippen molar-refractivity contribution in [3.05, 3.63) is 18.3 Å². The Labute approximate surface area is 90.8 Å². The summed E-state index contributed by atoms with van der Waals surface area (Å²) in [5.74, 6) is 2.22. The Morgan fingerprint density at radius 3 is 2.87 bits per heavy atom. The Hall–Kier alpha value is -1.29. The van der Waals surface area contributed by atoms with E-state index in [9.17, 15) is 0 Å². The van der Waals surface area contributed by atoms with Gasteiger partial charge in [-0.15, -0.1) is 0 Å². The molecule has 1 aromatic heterocycles. The Balaban J connectivity index is 2.37. The number of anilines is 1. The van der Waals surface area contributed by atoms with E-state index in [1.54, 1.807) is 13.3 Å². The van der Waals surface area contributed by atoms with Gasteiger partial charge in [-0.25, -0.2) is 4.98 Å². The molecule has 0 saturated carbocycles. The minimum atomic E-state index is 0.568. The summed E-state index contributed by atoms with van der Waals surface area (Å²) in [6.07, 6.45) is 2.74. The second-order valence-electron chi connectivity index (χ2n) is 3.65. The zero-order chi connectivity index (χ0) is 11.1. The number of hydrogen-bond donors (Lipinski definition) is 2. The molecule has 84 valence electrons. The topological polar surface area (TPSA) is 60.2 Å². The van der Waals surface area contributed by atoms with E-state index < -0.39 is 0 Å². The molecule has 0 bridgehead atoms. The van der Waals surface area contributed by atoms with Gasteiger partial charge < -0.3 is 15.8 Å². The summed E-state index contributed by atoms with van der Waals surface area (Å²) in [6, 6.07) is 3.80. The molecule has 0 spiro atoms. The number of aromatic nitrogens is 1. The van der Waals surface area contributed by atoms with Gasteiger partial charge in [-0.2, -0.15) is 0 Å². The van der Waals surface area contributed by atoms with Crippen LogP contribution in [-0.4, -0.2) is 25.2 Å². The van der Waals surface area contributed by atoms with Crippen LogP contribution in [0.15, 0.2) is 18.3 Å². The van der Waals surface area contributed by atoms with Gasteiger partial charge in [0.1, 0.15) is 11.6 Å². The van der Waals surface area contributed by atoms with Gasteiger partial charge in [0.2, 0.25) is 0 Å². The lowest BCUT2D eigenvalue weighted by molar-refractivity contribution is 0.413. The average molecular weight is 209 g/mol. The highest BCUT2D eigenvalue weighted by atomic mass is 16.5. The van der Waals surface area contributed by atoms with Crippen molar-refractivity contribution in [1.29, 1.82) is 0 Å². The maximum Gasteiger partial charge on any atom is 0.137 e. The number of methoxy groups -OCH3 is 1. The average Bonchev–Trinajstić information content (AvgIpc) is 2.27. The first-order valence-electron chi connectivity index (χ1n) is 5.20. The molecular weight excluding hydrogens is 190 g/mol. The summed E-state index contributed by atoms with van der Waals surface area (Å²) in [4.78, 5) is 4.21. The van der Waals surface area contributed by atoms with Crippen molar-refractivity contribution in [3.8, 4) is 5.75 Å². The Morgan fingerprint density at radius 2 is 2.33 bits per heavy atom. The van der Waals surface area contributed by atoms with Crippen molar-refractivity contribution in [3.63, 3.8) is 0 Å². The van der Waals surface area contributed by atoms with E-state index in [0.717, 1.165) is 31.1 Å². The normalized spacial score (nSPS) is 12.2. The number of pyridine rings is 1. The Morgan fingerprint density at radius 1 is 1.53 bits per heavy atom. The van der Waals surface area contributed by atoms with E-state index in [0.29, 0.717) is 5.92 Å². The van der Waals surface area contributed by atoms with Crippen LogP contribution in [0.25, 0.3) is 0 Å². The second kappa shape index (κ2) is 6.24. The molecule has 0 aliphatic heterocycles. The molecule has 4 heteroatoms. The molecule has 1 aromatic rings. The maximum absolute atomic E-state index is 5.48. The van der Waals surface area contributed by atoms with Gasteiger partial charge in [-0.3, -0.25) is 0 Å². The quantitative estimate of drug-likeness (QED) is 0.745. The first-order valence-corrected chi connectivity index (χ1v) is 5.20. The number of nitrogens with two attached hydrogens (primary N) is 1. The summed E-state index contributed by atoms with van der Waals surface area (Å²) >= 11 is 0. The third kappa shape index (κ3) is 4.16. The molecule has 1 heterocycles. The fraction of sp³-hybridized carbons (Fsp3) is 0.545. The molecule has 1 rings (SSSR count). The molecule has 1 unspecified atom stereocenters. The van der Waals surface area contributed by atoms with E-state index in [4.69, 9.17) is 10.5 Å². The smallest absolute Gasteiger partial charge is 0.137 e. The lowest BCUT2D eigenvalue weighted by Gasteiger charge is -2.11. The monoisotopic (exact) mass is 209 g/mol. The number of rotatable bonds is 6. The summed E-state index contributed by atoms with van der Waals surface area (Å²) < 4.78 is 5.03. The van der Waals surface area contributed by atoms with Crippen molar-refractivity contribution in [1.82, 2.24) is 4.98 Å². The minimum absolute atomic E-state index is 0.568. The molecule has 0 fully saturated rings. The Kier molecular flexibility index (Phi) is 4.90. The predicted octanol–water partition coefficient (Wildman–Crippen LogP) is 1.49. The SMILES string of the molecule is COc1ccc(NCC(C)CCN)nc1. The van der Waals surface area contributed by atoms with Crippen LogP contribution in [0.5, 0.6) is 5.75 Å². The number of hydrogen-bond acceptors (Lipinski definition) is 4. The molecule has 4 nitrogen and oxygen atoms in total. The summed E-state index contributed by atoms with van der Waals surface area (Å²) in [5.41, 5.74) is 5.48. The fourth-order valence-electron chi connectivity index (χ4n) is 1.27. The van der Waals surface area contributed by atoms with Gasteiger partial charge in [0.25, 0.3) is 0 Å². The lowest BCUT2D eigenvalue weighted by Crippen LogP contribution is -2.15. The van der Waals surface area contributed by atoms with Crippen LogP contribution in [0.4, 0.5) is 5.82 Å². The molecule has 0 amide bonds. The van der Waals surface area contributed by atoms with Crippen LogP contribution in [0.2, 0.25) is 0 Å². The first kappa shape index (κ1) is 11.8. The van der Waals surface area contributed by atoms with Crippen LogP contribution in [0.3, 0.4) is 0 Å². The van der Waals surface area contributed by atoms with E-state index in [2.05, 4.69) is 17.2 Å². The molecule has 0 aromatic carbocycles. The highest BCUT2D eigenvalue weighted by molar-refractivity contribution is 5.37. The highest BCUT2D eigenvalue weighted by Gasteiger charge is 2.01. The van der Waals surface area contributed by atoms with E-state index in [1.807, 2.05) is 12.1 Å². The van der Waals surface area contributed by atoms with Gasteiger partial charge in [0, 0.05) is 6.54 Å². The van der Waals surface area contributed by atoms with Crippen LogP contribution in [-0.2, 0) is 0 Å². The largest absolute Gasteiger partial charge is 0.495 e. The molecule has 0 aliphatic rings. The lowest BCUT2D eigenvalue weighted by atomic mass is 10.1. The second-order valence-corrected chi connectivity index (χ2v) is 3.65. The van der Waals surface area contributed by atoms with Crippen molar-refractivity contribution in [2.45, 2.75) is 13.3 Å². The first-order chi connectivity index (χ1) is 7.26. The number of nitrogens with zero attached hydrogens (tertiary/aromatic N) is 1. The molecular formula is C11H19N3O. The highest BCUT2D eigenvalue weighted by Crippen LogP contribution is 2.11. The van der Waals surface area contributed by atoms with E-state index >= 15 is 0 Å². The molecule has 0 radical (unpaired) electrons. The maximum atomic E-state index is 5.48. The van der Waals surface area contributed by atoms with Crippen molar-refractivity contribution in [2.75, 3.05) is 25.5 Å². The molecule has 0 aliphatic carbocycles. The summed E-state index contributed by atoms with van der Waals surface area (Å²) in [5, 5.41) is 3.26. The van der Waals surface area contributed by atoms with Crippen LogP contribution in [0.1, 0.15) is 13.3 Å². The predicted molar refractivity (Wildman–Crippen MR) is 62.1 cm³/mol. The van der Waals surface area contributed by atoms with Gasteiger partial charge in [0.15, 0.2) is 0 Å². The minimum Gasteiger partial charge on any atom is -0.495 e. The van der Waals surface area contributed by atoms with Crippen LogP contribution in [0, 0.1) is 5.92 Å². The van der Waals surface area contributed by atoms with Gasteiger partial charge in [0.05, 0.1) is 13.3 Å². The van der Waals surface area contributed by atoms with Crippen LogP contribution < -0.4 is 15.8 Å². The molecule has 0 saturated heterocycles. The van der Waals surface area contributed by atoms with E-state index in [1.165, 1.54) is 0 Å². The summed E-state index contributed by atoms with van der Waals surface area (Å²) in [7, 11) is 1.63. The van der Waals surface area contributed by atoms with Gasteiger partial charge in [-0.05, 0) is 31.0 Å². The zero-order valence-electron chi connectivity index (χ0n) is 9.36. The van der Waals surface area contributed by atoms with Crippen molar-refractivity contribution >= 4 is 5.82 Å². The third-order valence-electron chi connectivity index (χ3n) is 2.26. The number of ether oxygens (including phenoxy) is 1. The van der Waals surface area contributed by atoms with Gasteiger partial charge in [-0.1, -0.05) is 6.92 Å². The molecule has 3 N–H and O–H groups in total. The van der Waals surface area contributed by atoms with Crippen LogP contribution >= 0.6 is 0 Å².